The van der Waals surface area contributed by atoms with Gasteiger partial charge in [0.15, 0.2) is 5.75 Å². The number of fused-ring (bicyclic) bond motifs is 7. The van der Waals surface area contributed by atoms with Gasteiger partial charge in [-0.2, -0.15) is 41.8 Å². The molecule has 0 aliphatic rings. The normalized spacial score (nSPS) is 12.6. The Bertz CT molecular complexity index is 4040. The summed E-state index contributed by atoms with van der Waals surface area (Å²) in [5, 5.41) is 75.2. The van der Waals surface area contributed by atoms with E-state index in [4.69, 9.17) is 14.8 Å². The highest BCUT2D eigenvalue weighted by atomic mass is 32.2. The van der Waals surface area contributed by atoms with Crippen LogP contribution < -0.4 is 0 Å². The molecule has 0 bridgehead atoms. The summed E-state index contributed by atoms with van der Waals surface area (Å²) in [5.74, 6) is -0.252. The number of aryl methyl sites for hydroxylation is 1. The lowest BCUT2D eigenvalue weighted by atomic mass is 10.1. The average Bonchev–Trinajstić information content (AvgIpc) is 4.00. The Morgan fingerprint density at radius 3 is 1.84 bits per heavy atom. The van der Waals surface area contributed by atoms with Crippen LogP contribution in [-0.2, 0) is 39.0 Å². The molecule has 2 heterocycles. The molecule has 0 fully saturated rings. The summed E-state index contributed by atoms with van der Waals surface area (Å²) in [5.41, 5.74) is 4.96. The number of hydrogen-bond acceptors (Lipinski definition) is 21. The van der Waals surface area contributed by atoms with Gasteiger partial charge in [-0.1, -0.05) is 28.3 Å². The van der Waals surface area contributed by atoms with Crippen LogP contribution in [0.3, 0.4) is 0 Å². The van der Waals surface area contributed by atoms with Gasteiger partial charge in [0.2, 0.25) is 0 Å². The van der Waals surface area contributed by atoms with Crippen molar-refractivity contribution in [3.05, 3.63) is 127 Å². The molecule has 0 amide bonds. The predicted octanol–water partition coefficient (Wildman–Crippen LogP) is 10.8. The number of benzene rings is 8. The Hall–Kier alpha value is -7.38. The second kappa shape index (κ2) is 18.5. The van der Waals surface area contributed by atoms with Crippen LogP contribution in [0.15, 0.2) is 161 Å². The van der Waals surface area contributed by atoms with E-state index in [1.807, 2.05) is 0 Å². The van der Waals surface area contributed by atoms with Gasteiger partial charge in [-0.25, -0.2) is 10.5 Å². The number of phenolic OH excluding ortho intramolecular Hbond substituents is 1. The topological polar surface area (TPSA) is 317 Å². The van der Waals surface area contributed by atoms with E-state index in [1.54, 1.807) is 104 Å². The van der Waals surface area contributed by atoms with Gasteiger partial charge in [-0.05, 0) is 126 Å². The molecule has 0 atom stereocenters. The zero-order valence-corrected chi connectivity index (χ0v) is 38.4. The van der Waals surface area contributed by atoms with Crippen molar-refractivity contribution in [3.63, 3.8) is 0 Å². The van der Waals surface area contributed by atoms with Crippen molar-refractivity contribution in [2.45, 2.75) is 26.5 Å². The average molecular weight is 1020 g/mol. The molecule has 0 aliphatic carbocycles. The fourth-order valence-electron chi connectivity index (χ4n) is 7.46. The molecule has 0 saturated carbocycles. The van der Waals surface area contributed by atoms with Gasteiger partial charge in [-0.3, -0.25) is 9.11 Å². The number of hydrogen-bond donors (Lipinski definition) is 5. The van der Waals surface area contributed by atoms with Crippen molar-refractivity contribution in [3.8, 4) is 17.1 Å². The Morgan fingerprint density at radius 2 is 1.14 bits per heavy atom. The van der Waals surface area contributed by atoms with Crippen LogP contribution in [0, 0.1) is 6.92 Å². The van der Waals surface area contributed by atoms with E-state index >= 15 is 0 Å². The highest BCUT2D eigenvalue weighted by molar-refractivity contribution is 7.95. The van der Waals surface area contributed by atoms with Gasteiger partial charge in [0.25, 0.3) is 20.2 Å². The SMILES string of the molecule is Cc1cc(N=Nc2c(SOOO)cc3cc(-n4nc5ccc6cc(S(=O)(=O)O)ccc6c5n4)ccc3c2O)ccc1N=Nc1ccc(-n2nc3ccc4c(SOOO)cc(S(=O)(=O)O)cc4c3n2)cc1. The fraction of sp³-hybridized carbons (Fsp3) is 0.0233. The number of rotatable bonds is 14. The molecule has 0 spiro atoms. The van der Waals surface area contributed by atoms with E-state index in [9.17, 15) is 31.0 Å². The number of azo groups is 2. The molecule has 10 rings (SSSR count). The van der Waals surface area contributed by atoms with Crippen LogP contribution in [0.4, 0.5) is 22.7 Å². The smallest absolute Gasteiger partial charge is 0.294 e. The lowest BCUT2D eigenvalue weighted by Gasteiger charge is -2.10. The van der Waals surface area contributed by atoms with Gasteiger partial charge >= 0.3 is 0 Å². The molecular formula is C43H28N10O13S4. The Kier molecular flexibility index (Phi) is 12.3. The molecular weight excluding hydrogens is 993 g/mol. The monoisotopic (exact) mass is 1020 g/mol. The Morgan fingerprint density at radius 1 is 0.529 bits per heavy atom. The van der Waals surface area contributed by atoms with E-state index < -0.39 is 25.1 Å². The summed E-state index contributed by atoms with van der Waals surface area (Å²) >= 11 is 1.11. The van der Waals surface area contributed by atoms with Gasteiger partial charge in [-0.15, -0.1) is 34.2 Å². The number of aromatic nitrogens is 6. The lowest BCUT2D eigenvalue weighted by molar-refractivity contribution is -0.432. The summed E-state index contributed by atoms with van der Waals surface area (Å²) < 4.78 is 76.0. The maximum Gasteiger partial charge on any atom is 0.294 e. The second-order valence-electron chi connectivity index (χ2n) is 15.0. The summed E-state index contributed by atoms with van der Waals surface area (Å²) in [6.45, 7) is 1.81. The summed E-state index contributed by atoms with van der Waals surface area (Å²) in [6, 6.07) is 31.8. The van der Waals surface area contributed by atoms with E-state index in [1.165, 1.54) is 27.8 Å². The van der Waals surface area contributed by atoms with Crippen LogP contribution in [0.5, 0.6) is 5.75 Å². The first-order chi connectivity index (χ1) is 33.6. The van der Waals surface area contributed by atoms with Crippen LogP contribution in [-0.4, -0.2) is 71.5 Å². The van der Waals surface area contributed by atoms with E-state index in [0.717, 1.165) is 6.07 Å². The molecule has 27 heteroatoms. The number of nitrogens with zero attached hydrogens (tertiary/aromatic N) is 10. The fourth-order valence-corrected chi connectivity index (χ4v) is 9.63. The minimum atomic E-state index is -4.63. The molecule has 70 heavy (non-hydrogen) atoms. The Balaban J connectivity index is 0.875. The first kappa shape index (κ1) is 46.4. The highest BCUT2D eigenvalue weighted by Crippen LogP contribution is 2.45. The zero-order valence-electron chi connectivity index (χ0n) is 35.2. The first-order valence-electron chi connectivity index (χ1n) is 19.9. The number of aromatic hydroxyl groups is 1. The second-order valence-corrected chi connectivity index (χ2v) is 19.3. The van der Waals surface area contributed by atoms with Crippen molar-refractivity contribution in [1.29, 1.82) is 0 Å². The molecule has 0 saturated heterocycles. The van der Waals surface area contributed by atoms with Crippen molar-refractivity contribution >= 4 is 121 Å². The minimum absolute atomic E-state index is 0.0111. The molecule has 5 N–H and O–H groups in total. The van der Waals surface area contributed by atoms with E-state index in [2.05, 4.69) is 55.3 Å². The third kappa shape index (κ3) is 9.13. The van der Waals surface area contributed by atoms with Gasteiger partial charge in [0, 0.05) is 26.4 Å². The number of phenols is 1. The molecule has 0 aliphatic heterocycles. The van der Waals surface area contributed by atoms with E-state index in [0.29, 0.717) is 112 Å². The van der Waals surface area contributed by atoms with Crippen LogP contribution in [0.2, 0.25) is 0 Å². The van der Waals surface area contributed by atoms with Gasteiger partial charge in [0.1, 0.15) is 27.8 Å². The maximum atomic E-state index is 12.0. The molecule has 0 radical (unpaired) electrons. The standard InChI is InChI=1S/C43H28N10O13S4/c1-22-16-26(5-14-35(22)46-44-25-3-6-27(7-4-25)52-48-37-15-12-33-34(41(37)51-52)20-30(70(60,61)62)21-38(33)67-65-63-55)45-47-42-39(68-66-64-56)19-24-17-28(8-10-32(24)43(42)54)53-49-36-13-2-23-18-29(69(57,58)59)9-11-31(23)40(36)50-53/h2-21,54-56H,1H3,(H,57,58,59)(H,60,61,62). The van der Waals surface area contributed by atoms with Gasteiger partial charge in [0.05, 0.1) is 67.2 Å². The zero-order chi connectivity index (χ0) is 48.9. The largest absolute Gasteiger partial charge is 0.505 e. The maximum absolute atomic E-state index is 12.0. The van der Waals surface area contributed by atoms with Crippen LogP contribution in [0.25, 0.3) is 65.8 Å². The van der Waals surface area contributed by atoms with Crippen LogP contribution in [0.1, 0.15) is 5.56 Å². The summed E-state index contributed by atoms with van der Waals surface area (Å²) in [4.78, 5) is 2.51. The minimum Gasteiger partial charge on any atom is -0.505 e. The highest BCUT2D eigenvalue weighted by Gasteiger charge is 2.20. The van der Waals surface area contributed by atoms with Crippen molar-refractivity contribution in [2.75, 3.05) is 0 Å². The van der Waals surface area contributed by atoms with Crippen LogP contribution >= 0.6 is 24.1 Å². The van der Waals surface area contributed by atoms with Crippen molar-refractivity contribution < 1.29 is 60.3 Å². The molecule has 23 nitrogen and oxygen atoms in total. The summed E-state index contributed by atoms with van der Waals surface area (Å²) in [7, 11) is -9.03. The molecule has 2 aromatic heterocycles. The summed E-state index contributed by atoms with van der Waals surface area (Å²) in [6.07, 6.45) is 0. The molecule has 8 aromatic carbocycles. The molecule has 10 aromatic rings. The lowest BCUT2D eigenvalue weighted by Crippen LogP contribution is -1.99. The quantitative estimate of drug-likeness (QED) is 0.0222. The first-order valence-corrected chi connectivity index (χ1v) is 24.2. The third-order valence-corrected chi connectivity index (χ3v) is 13.7. The van der Waals surface area contributed by atoms with E-state index in [-0.39, 0.29) is 26.1 Å². The van der Waals surface area contributed by atoms with Crippen molar-refractivity contribution in [1.82, 2.24) is 30.0 Å². The third-order valence-electron chi connectivity index (χ3n) is 10.7. The molecule has 0 unspecified atom stereocenters. The Labute approximate surface area is 400 Å². The van der Waals surface area contributed by atoms with Gasteiger partial charge < -0.3 is 5.11 Å². The van der Waals surface area contributed by atoms with Crippen molar-refractivity contribution in [2.24, 2.45) is 20.5 Å². The molecule has 352 valence electrons. The predicted molar refractivity (Wildman–Crippen MR) is 252 cm³/mol.